The molecule has 0 saturated carbocycles. The number of fused-ring (bicyclic) bond motifs is 5. The van der Waals surface area contributed by atoms with Crippen LogP contribution in [0.4, 0.5) is 0 Å². The predicted octanol–water partition coefficient (Wildman–Crippen LogP) is 13.6. The molecule has 0 aromatic heterocycles. The van der Waals surface area contributed by atoms with Gasteiger partial charge in [0, 0.05) is 0 Å². The molecule has 6 aromatic rings. The molecule has 4 heteroatoms. The molecule has 3 aliphatic rings. The SMILES string of the molecule is CCCCC1=Cc2c(ccc(C)c2-c2ccccc2C)[CH]1[Zr]([Cl])([Cl])([c]1cccc2c1[SiH2]c1ccccc1-2)[CH]1C(CCCC)=Cc2c1ccc(C)c2-c1ccccc1C. The minimum atomic E-state index is -5.63. The second-order valence-electron chi connectivity index (χ2n) is 17.5. The Hall–Kier alpha value is -3.52. The summed E-state index contributed by atoms with van der Waals surface area (Å²) >= 11 is -5.63. The van der Waals surface area contributed by atoms with Crippen molar-refractivity contribution in [3.8, 4) is 33.4 Å². The van der Waals surface area contributed by atoms with E-state index in [9.17, 15) is 17.0 Å². The first-order valence-electron chi connectivity index (χ1n) is 21.6. The number of unbranched alkanes of at least 4 members (excludes halogenated alkanes) is 2. The van der Waals surface area contributed by atoms with Gasteiger partial charge in [0.15, 0.2) is 0 Å². The van der Waals surface area contributed by atoms with Crippen molar-refractivity contribution in [1.29, 1.82) is 0 Å². The van der Waals surface area contributed by atoms with Crippen molar-refractivity contribution in [2.75, 3.05) is 0 Å². The first kappa shape index (κ1) is 39.9. The van der Waals surface area contributed by atoms with Gasteiger partial charge in [-0.05, 0) is 0 Å². The van der Waals surface area contributed by atoms with Crippen molar-refractivity contribution < 1.29 is 16.4 Å². The fourth-order valence-corrected chi connectivity index (χ4v) is 39.2. The van der Waals surface area contributed by atoms with Crippen LogP contribution in [-0.2, 0) is 16.4 Å². The zero-order valence-corrected chi connectivity index (χ0v) is 40.4. The fourth-order valence-electron chi connectivity index (χ4n) is 11.2. The van der Waals surface area contributed by atoms with Crippen molar-refractivity contribution in [1.82, 2.24) is 0 Å². The van der Waals surface area contributed by atoms with Crippen LogP contribution in [0.5, 0.6) is 0 Å². The maximum absolute atomic E-state index is 9.42. The van der Waals surface area contributed by atoms with E-state index >= 15 is 0 Å². The predicted molar refractivity (Wildman–Crippen MR) is 254 cm³/mol. The van der Waals surface area contributed by atoms with E-state index in [1.807, 2.05) is 0 Å². The Morgan fingerprint density at radius 2 is 0.966 bits per heavy atom. The monoisotopic (exact) mass is 891 g/mol. The van der Waals surface area contributed by atoms with Crippen LogP contribution in [0.3, 0.4) is 0 Å². The van der Waals surface area contributed by atoms with Crippen molar-refractivity contribution in [2.24, 2.45) is 0 Å². The zero-order valence-electron chi connectivity index (χ0n) is 35.0. The van der Waals surface area contributed by atoms with Gasteiger partial charge in [0.05, 0.1) is 0 Å². The molecule has 0 bridgehead atoms. The number of hydrogen-bond donors (Lipinski definition) is 0. The Balaban J connectivity index is 1.39. The summed E-state index contributed by atoms with van der Waals surface area (Å²) in [4.78, 5) is 0. The Morgan fingerprint density at radius 1 is 0.500 bits per heavy atom. The molecule has 0 radical (unpaired) electrons. The van der Waals surface area contributed by atoms with Crippen molar-refractivity contribution in [3.05, 3.63) is 171 Å². The standard InChI is InChI=1S/2C21H23.C12H9Si.2ClH.Zr/c2*1-4-5-9-17-13-18-12-11-16(3)21(20(18)14-17)19-10-7-6-8-15(19)2;1-3-7-11-9(5-1)10-6-2-4-8-12(10)13-11;;;/h2*6-8,10-14H,4-5,9H2,1-3H3;1-7H,13H2;2*1H;/q;;;;;+2/p-2. The summed E-state index contributed by atoms with van der Waals surface area (Å²) < 4.78 is 1.19. The molecule has 0 N–H and O–H groups in total. The van der Waals surface area contributed by atoms with E-state index in [4.69, 9.17) is 0 Å². The van der Waals surface area contributed by atoms with Gasteiger partial charge in [-0.25, -0.2) is 0 Å². The zero-order chi connectivity index (χ0) is 40.4. The van der Waals surface area contributed by atoms with Crippen LogP contribution in [0, 0.1) is 27.7 Å². The van der Waals surface area contributed by atoms with Crippen LogP contribution < -0.4 is 13.6 Å². The van der Waals surface area contributed by atoms with Crippen LogP contribution >= 0.6 is 17.0 Å². The molecule has 0 fully saturated rings. The number of halogens is 2. The Kier molecular flexibility index (Phi) is 10.7. The van der Waals surface area contributed by atoms with Gasteiger partial charge in [-0.2, -0.15) is 0 Å². The molecular weight excluding hydrogens is 839 g/mol. The van der Waals surface area contributed by atoms with Crippen molar-refractivity contribution in [3.63, 3.8) is 0 Å². The van der Waals surface area contributed by atoms with Crippen molar-refractivity contribution >= 4 is 52.3 Å². The molecule has 1 aliphatic heterocycles. The van der Waals surface area contributed by atoms with Gasteiger partial charge in [0.1, 0.15) is 0 Å². The summed E-state index contributed by atoms with van der Waals surface area (Å²) in [6.07, 6.45) is 11.6. The Bertz CT molecular complexity index is 2550. The summed E-state index contributed by atoms with van der Waals surface area (Å²) in [5, 5.41) is 3.00. The third-order valence-electron chi connectivity index (χ3n) is 13.9. The van der Waals surface area contributed by atoms with Crippen LogP contribution in [-0.4, -0.2) is 9.52 Å². The average Bonchev–Trinajstić information content (AvgIpc) is 3.92. The fraction of sp³-hybridized carbons (Fsp3) is 0.259. The van der Waals surface area contributed by atoms with E-state index < -0.39 is 25.9 Å². The maximum atomic E-state index is 9.42. The molecule has 0 amide bonds. The summed E-state index contributed by atoms with van der Waals surface area (Å²) in [7, 11) is 18.0. The van der Waals surface area contributed by atoms with E-state index in [1.165, 1.54) is 103 Å². The Labute approximate surface area is 357 Å². The van der Waals surface area contributed by atoms with E-state index in [0.29, 0.717) is 0 Å². The average molecular weight is 894 g/mol. The number of benzene rings is 6. The van der Waals surface area contributed by atoms with Crippen LogP contribution in [0.2, 0.25) is 0 Å². The number of aryl methyl sites for hydroxylation is 4. The molecule has 0 nitrogen and oxygen atoms in total. The molecule has 1 heterocycles. The van der Waals surface area contributed by atoms with Gasteiger partial charge in [-0.1, -0.05) is 0 Å². The molecule has 2 aliphatic carbocycles. The summed E-state index contributed by atoms with van der Waals surface area (Å²) in [5.41, 5.74) is 21.5. The third kappa shape index (κ3) is 6.22. The first-order chi connectivity index (χ1) is 28.1. The van der Waals surface area contributed by atoms with Gasteiger partial charge in [-0.15, -0.1) is 0 Å². The minimum absolute atomic E-state index is 0.0666. The van der Waals surface area contributed by atoms with Gasteiger partial charge in [-0.3, -0.25) is 0 Å². The van der Waals surface area contributed by atoms with Crippen LogP contribution in [0.1, 0.15) is 104 Å². The molecular formula is C54H55Cl2SiZr. The van der Waals surface area contributed by atoms with Crippen LogP contribution in [0.25, 0.3) is 45.5 Å². The molecule has 2 atom stereocenters. The summed E-state index contributed by atoms with van der Waals surface area (Å²) in [6.45, 7) is 13.7. The molecule has 0 spiro atoms. The second kappa shape index (κ2) is 15.5. The molecule has 9 rings (SSSR count). The van der Waals surface area contributed by atoms with Gasteiger partial charge < -0.3 is 0 Å². The number of rotatable bonds is 11. The second-order valence-corrected chi connectivity index (χ2v) is 39.9. The van der Waals surface area contributed by atoms with E-state index in [1.54, 1.807) is 0 Å². The summed E-state index contributed by atoms with van der Waals surface area (Å²) in [5.74, 6) is 0. The quantitative estimate of drug-likeness (QED) is 0.114. The first-order valence-corrected chi connectivity index (χ1v) is 33.5. The molecule has 6 aromatic carbocycles. The van der Waals surface area contributed by atoms with Gasteiger partial charge in [0.2, 0.25) is 0 Å². The van der Waals surface area contributed by atoms with Crippen LogP contribution in [0.15, 0.2) is 126 Å². The summed E-state index contributed by atoms with van der Waals surface area (Å²) in [6, 6.07) is 43.6. The van der Waals surface area contributed by atoms with Crippen molar-refractivity contribution in [2.45, 2.75) is 87.3 Å². The Morgan fingerprint density at radius 3 is 1.47 bits per heavy atom. The van der Waals surface area contributed by atoms with Gasteiger partial charge >= 0.3 is 360 Å². The molecule has 2 unspecified atom stereocenters. The van der Waals surface area contributed by atoms with Gasteiger partial charge in [0.25, 0.3) is 0 Å². The van der Waals surface area contributed by atoms with E-state index in [0.717, 1.165) is 38.5 Å². The van der Waals surface area contributed by atoms with E-state index in [-0.39, 0.29) is 7.25 Å². The topological polar surface area (TPSA) is 0 Å². The number of allylic oxidation sites excluding steroid dienone is 2. The molecule has 0 saturated heterocycles. The molecule has 58 heavy (non-hydrogen) atoms. The number of hydrogen-bond acceptors (Lipinski definition) is 0. The normalized spacial score (nSPS) is 17.6. The molecule has 293 valence electrons. The third-order valence-corrected chi connectivity index (χ3v) is 36.7. The van der Waals surface area contributed by atoms with E-state index in [2.05, 4.69) is 169 Å².